The molecular formula is C13H19NOS. The molecule has 0 radical (unpaired) electrons. The Hall–Kier alpha value is -0.670. The molecular weight excluding hydrogens is 218 g/mol. The number of carbonyl (C=O) groups excluding carboxylic acids is 1. The molecule has 2 nitrogen and oxygen atoms in total. The van der Waals surface area contributed by atoms with Gasteiger partial charge in [0.25, 0.3) is 0 Å². The minimum absolute atomic E-state index is 0.250. The molecule has 1 heterocycles. The summed E-state index contributed by atoms with van der Waals surface area (Å²) < 4.78 is 0. The molecule has 0 atom stereocenters. The molecule has 1 aromatic heterocycles. The maximum absolute atomic E-state index is 12.3. The second-order valence-corrected chi connectivity index (χ2v) is 5.67. The molecule has 3 heteroatoms. The third kappa shape index (κ3) is 2.36. The molecule has 2 rings (SSSR count). The Morgan fingerprint density at radius 1 is 1.44 bits per heavy atom. The average Bonchev–Trinajstić information content (AvgIpc) is 2.75. The quantitative estimate of drug-likeness (QED) is 0.821. The molecule has 0 bridgehead atoms. The van der Waals surface area contributed by atoms with Gasteiger partial charge in [-0.15, -0.1) is 11.3 Å². The molecule has 1 saturated carbocycles. The Morgan fingerprint density at radius 2 is 2.12 bits per heavy atom. The molecule has 2 N–H and O–H groups in total. The lowest BCUT2D eigenvalue weighted by atomic mass is 9.79. The molecule has 1 aliphatic carbocycles. The summed E-state index contributed by atoms with van der Waals surface area (Å²) in [7, 11) is 0. The minimum atomic E-state index is 0.250. The zero-order valence-corrected chi connectivity index (χ0v) is 10.6. The molecule has 0 amide bonds. The van der Waals surface area contributed by atoms with E-state index in [4.69, 9.17) is 5.73 Å². The first kappa shape index (κ1) is 11.8. The fourth-order valence-electron chi connectivity index (χ4n) is 2.47. The lowest BCUT2D eigenvalue weighted by Crippen LogP contribution is -2.25. The SMILES string of the molecule is Cc1ccsc1C(=O)C1CCC(CN)CC1. The van der Waals surface area contributed by atoms with Crippen molar-refractivity contribution in [1.29, 1.82) is 0 Å². The fourth-order valence-corrected chi connectivity index (χ4v) is 3.42. The molecule has 0 saturated heterocycles. The van der Waals surface area contributed by atoms with Crippen molar-refractivity contribution in [2.75, 3.05) is 6.54 Å². The highest BCUT2D eigenvalue weighted by Gasteiger charge is 2.27. The largest absolute Gasteiger partial charge is 0.330 e. The topological polar surface area (TPSA) is 43.1 Å². The predicted octanol–water partition coefficient (Wildman–Crippen LogP) is 3.00. The zero-order chi connectivity index (χ0) is 11.5. The highest BCUT2D eigenvalue weighted by molar-refractivity contribution is 7.12. The van der Waals surface area contributed by atoms with Crippen LogP contribution in [0, 0.1) is 18.8 Å². The second kappa shape index (κ2) is 5.11. The molecule has 0 aromatic carbocycles. The van der Waals surface area contributed by atoms with Gasteiger partial charge in [-0.05, 0) is 62.1 Å². The Morgan fingerprint density at radius 3 is 2.62 bits per heavy atom. The van der Waals surface area contributed by atoms with Crippen molar-refractivity contribution < 1.29 is 4.79 Å². The normalized spacial score (nSPS) is 25.6. The molecule has 16 heavy (non-hydrogen) atoms. The monoisotopic (exact) mass is 237 g/mol. The molecule has 88 valence electrons. The number of ketones is 1. The van der Waals surface area contributed by atoms with Crippen molar-refractivity contribution in [1.82, 2.24) is 0 Å². The molecule has 1 aliphatic rings. The Bertz CT molecular complexity index is 364. The summed E-state index contributed by atoms with van der Waals surface area (Å²) in [6.45, 7) is 2.80. The summed E-state index contributed by atoms with van der Waals surface area (Å²) >= 11 is 1.58. The molecule has 1 fully saturated rings. The van der Waals surface area contributed by atoms with E-state index in [1.807, 2.05) is 18.4 Å². The van der Waals surface area contributed by atoms with E-state index in [1.54, 1.807) is 11.3 Å². The fraction of sp³-hybridized carbons (Fsp3) is 0.615. The van der Waals surface area contributed by atoms with Crippen molar-refractivity contribution in [3.05, 3.63) is 21.9 Å². The van der Waals surface area contributed by atoms with Gasteiger partial charge in [0.15, 0.2) is 5.78 Å². The lowest BCUT2D eigenvalue weighted by molar-refractivity contribution is 0.0877. The second-order valence-electron chi connectivity index (χ2n) is 4.75. The Kier molecular flexibility index (Phi) is 3.77. The van der Waals surface area contributed by atoms with E-state index in [9.17, 15) is 4.79 Å². The van der Waals surface area contributed by atoms with Gasteiger partial charge in [0, 0.05) is 5.92 Å². The van der Waals surface area contributed by atoms with Crippen LogP contribution in [0.25, 0.3) is 0 Å². The number of hydrogen-bond acceptors (Lipinski definition) is 3. The van der Waals surface area contributed by atoms with Gasteiger partial charge in [0.1, 0.15) is 0 Å². The van der Waals surface area contributed by atoms with Crippen LogP contribution in [0.5, 0.6) is 0 Å². The van der Waals surface area contributed by atoms with Crippen LogP contribution in [0.3, 0.4) is 0 Å². The summed E-state index contributed by atoms with van der Waals surface area (Å²) in [6.07, 6.45) is 4.30. The number of hydrogen-bond donors (Lipinski definition) is 1. The van der Waals surface area contributed by atoms with Crippen LogP contribution in [-0.2, 0) is 0 Å². The van der Waals surface area contributed by atoms with Gasteiger partial charge in [0.05, 0.1) is 4.88 Å². The van der Waals surface area contributed by atoms with Crippen LogP contribution in [0.4, 0.5) is 0 Å². The van der Waals surface area contributed by atoms with Gasteiger partial charge < -0.3 is 5.73 Å². The van der Waals surface area contributed by atoms with Crippen LogP contribution < -0.4 is 5.73 Å². The third-order valence-corrected chi connectivity index (χ3v) is 4.67. The standard InChI is InChI=1S/C13H19NOS/c1-9-6-7-16-13(9)12(15)11-4-2-10(8-14)3-5-11/h6-7,10-11H,2-5,8,14H2,1H3. The van der Waals surface area contributed by atoms with E-state index in [0.717, 1.165) is 42.7 Å². The number of nitrogens with two attached hydrogens (primary N) is 1. The first-order valence-corrected chi connectivity index (χ1v) is 6.88. The lowest BCUT2D eigenvalue weighted by Gasteiger charge is -2.26. The van der Waals surface area contributed by atoms with Crippen LogP contribution >= 0.6 is 11.3 Å². The summed E-state index contributed by atoms with van der Waals surface area (Å²) in [5.74, 6) is 1.26. The maximum atomic E-state index is 12.3. The highest BCUT2D eigenvalue weighted by atomic mass is 32.1. The minimum Gasteiger partial charge on any atom is -0.330 e. The van der Waals surface area contributed by atoms with Crippen LogP contribution in [-0.4, -0.2) is 12.3 Å². The zero-order valence-electron chi connectivity index (χ0n) is 9.74. The summed E-state index contributed by atoms with van der Waals surface area (Å²) in [4.78, 5) is 13.2. The van der Waals surface area contributed by atoms with Gasteiger partial charge in [-0.1, -0.05) is 0 Å². The van der Waals surface area contributed by atoms with Crippen molar-refractivity contribution in [3.8, 4) is 0 Å². The van der Waals surface area contributed by atoms with Gasteiger partial charge in [0.2, 0.25) is 0 Å². The predicted molar refractivity (Wildman–Crippen MR) is 67.9 cm³/mol. The van der Waals surface area contributed by atoms with Crippen molar-refractivity contribution >= 4 is 17.1 Å². The van der Waals surface area contributed by atoms with Gasteiger partial charge in [-0.2, -0.15) is 0 Å². The van der Waals surface area contributed by atoms with E-state index in [2.05, 4.69) is 0 Å². The maximum Gasteiger partial charge on any atom is 0.176 e. The smallest absolute Gasteiger partial charge is 0.176 e. The van der Waals surface area contributed by atoms with E-state index in [-0.39, 0.29) is 5.92 Å². The van der Waals surface area contributed by atoms with Gasteiger partial charge in [-0.25, -0.2) is 0 Å². The highest BCUT2D eigenvalue weighted by Crippen LogP contribution is 2.32. The number of aryl methyl sites for hydroxylation is 1. The van der Waals surface area contributed by atoms with Gasteiger partial charge in [-0.3, -0.25) is 4.79 Å². The Balaban J connectivity index is 2.00. The van der Waals surface area contributed by atoms with E-state index in [1.165, 1.54) is 0 Å². The number of thiophene rings is 1. The number of carbonyl (C=O) groups is 1. The van der Waals surface area contributed by atoms with E-state index >= 15 is 0 Å². The summed E-state index contributed by atoms with van der Waals surface area (Å²) in [6, 6.07) is 2.03. The van der Waals surface area contributed by atoms with Crippen LogP contribution in [0.1, 0.15) is 40.9 Å². The van der Waals surface area contributed by atoms with Crippen LogP contribution in [0.2, 0.25) is 0 Å². The van der Waals surface area contributed by atoms with Crippen molar-refractivity contribution in [2.24, 2.45) is 17.6 Å². The average molecular weight is 237 g/mol. The molecule has 1 aromatic rings. The summed E-state index contributed by atoms with van der Waals surface area (Å²) in [5, 5.41) is 2.01. The van der Waals surface area contributed by atoms with Crippen LogP contribution in [0.15, 0.2) is 11.4 Å². The Labute approximate surface area is 101 Å². The van der Waals surface area contributed by atoms with Crippen molar-refractivity contribution in [2.45, 2.75) is 32.6 Å². The van der Waals surface area contributed by atoms with Crippen molar-refractivity contribution in [3.63, 3.8) is 0 Å². The van der Waals surface area contributed by atoms with E-state index < -0.39 is 0 Å². The van der Waals surface area contributed by atoms with E-state index in [0.29, 0.717) is 11.7 Å². The molecule has 0 spiro atoms. The first-order valence-electron chi connectivity index (χ1n) is 6.00. The summed E-state index contributed by atoms with van der Waals surface area (Å²) in [5.41, 5.74) is 6.80. The third-order valence-electron chi connectivity index (χ3n) is 3.64. The van der Waals surface area contributed by atoms with Gasteiger partial charge >= 0.3 is 0 Å². The first-order chi connectivity index (χ1) is 7.72. The molecule has 0 unspecified atom stereocenters. The molecule has 0 aliphatic heterocycles. The number of rotatable bonds is 3. The number of Topliss-reactive ketones (excluding diaryl/α,β-unsaturated/α-hetero) is 1.